The molecule has 0 aromatic carbocycles. The number of amides is 1. The second kappa shape index (κ2) is 6.17. The van der Waals surface area contributed by atoms with E-state index in [1.807, 2.05) is 53.9 Å². The van der Waals surface area contributed by atoms with Gasteiger partial charge in [0.05, 0.1) is 5.69 Å². The van der Waals surface area contributed by atoms with Crippen molar-refractivity contribution in [3.8, 4) is 0 Å². The molecular weight excluding hydrogens is 314 g/mol. The molecule has 1 aliphatic carbocycles. The molecule has 3 atom stereocenters. The van der Waals surface area contributed by atoms with Crippen molar-refractivity contribution in [2.24, 2.45) is 18.9 Å². The molecule has 1 saturated carbocycles. The predicted molar refractivity (Wildman–Crippen MR) is 96.5 cm³/mol. The Kier molecular flexibility index (Phi) is 3.98. The van der Waals surface area contributed by atoms with Crippen LogP contribution in [0, 0.1) is 18.8 Å². The van der Waals surface area contributed by atoms with Gasteiger partial charge in [0, 0.05) is 45.3 Å². The number of nitrogens with zero attached hydrogens (tertiary/aromatic N) is 5. The van der Waals surface area contributed by atoms with Crippen molar-refractivity contribution in [2.45, 2.75) is 25.8 Å². The molecule has 2 aliphatic rings. The molecule has 132 valence electrons. The third-order valence-corrected chi connectivity index (χ3v) is 5.91. The number of hydrogen-bond acceptors (Lipinski definition) is 4. The van der Waals surface area contributed by atoms with Gasteiger partial charge >= 0.3 is 0 Å². The van der Waals surface area contributed by atoms with Crippen LogP contribution in [0.4, 0.5) is 5.82 Å². The summed E-state index contributed by atoms with van der Waals surface area (Å²) in [6.45, 7) is 3.66. The highest BCUT2D eigenvalue weighted by Gasteiger charge is 2.46. The topological polar surface area (TPSA) is 54.3 Å². The molecule has 1 aliphatic heterocycles. The molecule has 0 spiro atoms. The first-order valence-corrected chi connectivity index (χ1v) is 8.98. The van der Waals surface area contributed by atoms with Crippen LogP contribution in [0.2, 0.25) is 0 Å². The van der Waals surface area contributed by atoms with Gasteiger partial charge in [0.25, 0.3) is 5.91 Å². The van der Waals surface area contributed by atoms with Crippen LogP contribution in [0.25, 0.3) is 0 Å². The molecule has 0 N–H and O–H groups in total. The van der Waals surface area contributed by atoms with Crippen LogP contribution < -0.4 is 4.90 Å². The lowest BCUT2D eigenvalue weighted by Crippen LogP contribution is -2.39. The molecule has 0 unspecified atom stereocenters. The van der Waals surface area contributed by atoms with Crippen molar-refractivity contribution in [3.63, 3.8) is 0 Å². The molecule has 6 nitrogen and oxygen atoms in total. The lowest BCUT2D eigenvalue weighted by atomic mass is 9.97. The zero-order valence-corrected chi connectivity index (χ0v) is 15.1. The standard InChI is InChI=1S/C19H25N5O/c1-13-6-9-18(21-20-13)23(3)16-8-7-14-11-24(12-15(14)16)19(25)17-5-4-10-22(17)2/h4-6,9-10,14-16H,7-8,11-12H2,1-3H3/t14-,15+,16-/m1/s1. The van der Waals surface area contributed by atoms with Crippen LogP contribution in [-0.2, 0) is 7.05 Å². The summed E-state index contributed by atoms with van der Waals surface area (Å²) < 4.78 is 1.90. The van der Waals surface area contributed by atoms with E-state index in [1.54, 1.807) is 0 Å². The minimum absolute atomic E-state index is 0.151. The van der Waals surface area contributed by atoms with E-state index in [4.69, 9.17) is 0 Å². The quantitative estimate of drug-likeness (QED) is 0.859. The van der Waals surface area contributed by atoms with Crippen LogP contribution in [-0.4, -0.2) is 51.8 Å². The third kappa shape index (κ3) is 2.79. The third-order valence-electron chi connectivity index (χ3n) is 5.91. The van der Waals surface area contributed by atoms with Crippen molar-refractivity contribution >= 4 is 11.7 Å². The van der Waals surface area contributed by atoms with Gasteiger partial charge in [-0.25, -0.2) is 0 Å². The maximum absolute atomic E-state index is 12.8. The number of rotatable bonds is 3. The summed E-state index contributed by atoms with van der Waals surface area (Å²) in [6, 6.07) is 8.30. The maximum atomic E-state index is 12.8. The predicted octanol–water partition coefficient (Wildman–Crippen LogP) is 2.11. The lowest BCUT2D eigenvalue weighted by molar-refractivity contribution is 0.0770. The van der Waals surface area contributed by atoms with E-state index >= 15 is 0 Å². The van der Waals surface area contributed by atoms with Gasteiger partial charge in [-0.1, -0.05) is 0 Å². The molecule has 25 heavy (non-hydrogen) atoms. The fraction of sp³-hybridized carbons (Fsp3) is 0.526. The molecule has 2 aromatic rings. The number of aryl methyl sites for hydroxylation is 2. The van der Waals surface area contributed by atoms with Crippen molar-refractivity contribution in [1.82, 2.24) is 19.7 Å². The Morgan fingerprint density at radius 1 is 1.20 bits per heavy atom. The van der Waals surface area contributed by atoms with Gasteiger partial charge < -0.3 is 14.4 Å². The number of fused-ring (bicyclic) bond motifs is 1. The Balaban J connectivity index is 1.49. The highest BCUT2D eigenvalue weighted by Crippen LogP contribution is 2.41. The second-order valence-corrected chi connectivity index (χ2v) is 7.43. The minimum Gasteiger partial charge on any atom is -0.355 e. The second-order valence-electron chi connectivity index (χ2n) is 7.43. The van der Waals surface area contributed by atoms with E-state index < -0.39 is 0 Å². The van der Waals surface area contributed by atoms with Gasteiger partial charge in [0.1, 0.15) is 5.69 Å². The van der Waals surface area contributed by atoms with Gasteiger partial charge in [-0.15, -0.1) is 5.10 Å². The van der Waals surface area contributed by atoms with E-state index in [0.29, 0.717) is 17.9 Å². The molecule has 2 aromatic heterocycles. The first-order valence-electron chi connectivity index (χ1n) is 8.98. The fourth-order valence-electron chi connectivity index (χ4n) is 4.48. The molecule has 0 bridgehead atoms. The lowest BCUT2D eigenvalue weighted by Gasteiger charge is -2.30. The Hall–Kier alpha value is -2.37. The van der Waals surface area contributed by atoms with Crippen LogP contribution in [0.1, 0.15) is 29.0 Å². The zero-order chi connectivity index (χ0) is 17.6. The van der Waals surface area contributed by atoms with Crippen LogP contribution >= 0.6 is 0 Å². The minimum atomic E-state index is 0.151. The highest BCUT2D eigenvalue weighted by atomic mass is 16.2. The average Bonchev–Trinajstić information content (AvgIpc) is 3.29. The van der Waals surface area contributed by atoms with Gasteiger partial charge in [0.15, 0.2) is 5.82 Å². The summed E-state index contributed by atoms with van der Waals surface area (Å²) in [6.07, 6.45) is 4.26. The molecule has 6 heteroatoms. The van der Waals surface area contributed by atoms with E-state index in [9.17, 15) is 4.79 Å². The summed E-state index contributed by atoms with van der Waals surface area (Å²) in [5.74, 6) is 2.18. The monoisotopic (exact) mass is 339 g/mol. The number of carbonyl (C=O) groups is 1. The first kappa shape index (κ1) is 16.1. The van der Waals surface area contributed by atoms with Crippen molar-refractivity contribution in [2.75, 3.05) is 25.0 Å². The van der Waals surface area contributed by atoms with Gasteiger partial charge in [-0.05, 0) is 49.9 Å². The normalized spacial score (nSPS) is 25.2. The Morgan fingerprint density at radius 3 is 2.72 bits per heavy atom. The summed E-state index contributed by atoms with van der Waals surface area (Å²) in [4.78, 5) is 17.1. The van der Waals surface area contributed by atoms with Crippen molar-refractivity contribution in [3.05, 3.63) is 41.9 Å². The molecule has 1 saturated heterocycles. The van der Waals surface area contributed by atoms with Crippen molar-refractivity contribution in [1.29, 1.82) is 0 Å². The van der Waals surface area contributed by atoms with E-state index in [-0.39, 0.29) is 5.91 Å². The molecule has 1 amide bonds. The van der Waals surface area contributed by atoms with E-state index in [1.165, 1.54) is 6.42 Å². The van der Waals surface area contributed by atoms with Gasteiger partial charge in [0.2, 0.25) is 0 Å². The molecular formula is C19H25N5O. The smallest absolute Gasteiger partial charge is 0.270 e. The SMILES string of the molecule is Cc1ccc(N(C)[C@@H]2CC[C@@H]3CN(C(=O)c4cccn4C)C[C@@H]32)nn1. The Bertz CT molecular complexity index is 768. The first-order chi connectivity index (χ1) is 12.0. The molecule has 0 radical (unpaired) electrons. The highest BCUT2D eigenvalue weighted by molar-refractivity contribution is 5.93. The van der Waals surface area contributed by atoms with Gasteiger partial charge in [-0.3, -0.25) is 4.79 Å². The Morgan fingerprint density at radius 2 is 2.04 bits per heavy atom. The summed E-state index contributed by atoms with van der Waals surface area (Å²) in [5, 5.41) is 8.52. The number of hydrogen-bond donors (Lipinski definition) is 0. The Labute approximate surface area is 148 Å². The van der Waals surface area contributed by atoms with E-state index in [2.05, 4.69) is 22.1 Å². The zero-order valence-electron chi connectivity index (χ0n) is 15.1. The number of carbonyl (C=O) groups excluding carboxylic acids is 1. The fourth-order valence-corrected chi connectivity index (χ4v) is 4.48. The molecule has 4 rings (SSSR count). The number of likely N-dealkylation sites (tertiary alicyclic amines) is 1. The summed E-state index contributed by atoms with van der Waals surface area (Å²) >= 11 is 0. The number of aromatic nitrogens is 3. The van der Waals surface area contributed by atoms with Gasteiger partial charge in [-0.2, -0.15) is 5.10 Å². The maximum Gasteiger partial charge on any atom is 0.270 e. The summed E-state index contributed by atoms with van der Waals surface area (Å²) in [5.41, 5.74) is 1.70. The average molecular weight is 339 g/mol. The molecule has 2 fully saturated rings. The van der Waals surface area contributed by atoms with Crippen molar-refractivity contribution < 1.29 is 4.79 Å². The van der Waals surface area contributed by atoms with E-state index in [0.717, 1.165) is 36.7 Å². The van der Waals surface area contributed by atoms with Crippen LogP contribution in [0.5, 0.6) is 0 Å². The molecule has 3 heterocycles. The van der Waals surface area contributed by atoms with Crippen LogP contribution in [0.15, 0.2) is 30.5 Å². The summed E-state index contributed by atoms with van der Waals surface area (Å²) in [7, 11) is 4.03. The number of anilines is 1. The van der Waals surface area contributed by atoms with Crippen LogP contribution in [0.3, 0.4) is 0 Å². The largest absolute Gasteiger partial charge is 0.355 e.